The SMILES string of the molecule is CCNC(=NCC(C)(C)c1ccc(OC)c(OC)c1)N1CCC(N2CC=CC2)C1. The van der Waals surface area contributed by atoms with Crippen LogP contribution in [0.5, 0.6) is 11.5 Å². The summed E-state index contributed by atoms with van der Waals surface area (Å²) in [4.78, 5) is 9.99. The van der Waals surface area contributed by atoms with Crippen LogP contribution in [0, 0.1) is 0 Å². The highest BCUT2D eigenvalue weighted by Crippen LogP contribution is 2.33. The summed E-state index contributed by atoms with van der Waals surface area (Å²) in [5, 5.41) is 3.50. The zero-order valence-corrected chi connectivity index (χ0v) is 18.6. The van der Waals surface area contributed by atoms with Gasteiger partial charge in [0.15, 0.2) is 17.5 Å². The van der Waals surface area contributed by atoms with E-state index in [-0.39, 0.29) is 5.41 Å². The zero-order chi connectivity index (χ0) is 20.9. The Morgan fingerprint density at radius 1 is 1.17 bits per heavy atom. The molecule has 0 spiro atoms. The fourth-order valence-corrected chi connectivity index (χ4v) is 4.07. The zero-order valence-electron chi connectivity index (χ0n) is 18.6. The van der Waals surface area contributed by atoms with Crippen molar-refractivity contribution in [2.24, 2.45) is 4.99 Å². The molecule has 0 radical (unpaired) electrons. The number of nitrogens with one attached hydrogen (secondary N) is 1. The average molecular weight is 401 g/mol. The second-order valence-electron chi connectivity index (χ2n) is 8.44. The van der Waals surface area contributed by atoms with E-state index in [4.69, 9.17) is 14.5 Å². The molecule has 2 heterocycles. The fraction of sp³-hybridized carbons (Fsp3) is 0.609. The summed E-state index contributed by atoms with van der Waals surface area (Å²) in [5.74, 6) is 2.54. The Balaban J connectivity index is 1.70. The van der Waals surface area contributed by atoms with E-state index in [0.717, 1.165) is 50.2 Å². The smallest absolute Gasteiger partial charge is 0.193 e. The molecule has 2 aliphatic heterocycles. The van der Waals surface area contributed by atoms with Crippen molar-refractivity contribution in [1.82, 2.24) is 15.1 Å². The Bertz CT molecular complexity index is 736. The topological polar surface area (TPSA) is 49.3 Å². The van der Waals surface area contributed by atoms with Gasteiger partial charge in [0, 0.05) is 44.2 Å². The Morgan fingerprint density at radius 2 is 1.90 bits per heavy atom. The monoisotopic (exact) mass is 400 g/mol. The molecule has 0 aliphatic carbocycles. The van der Waals surface area contributed by atoms with Crippen LogP contribution in [-0.2, 0) is 5.41 Å². The molecule has 3 rings (SSSR count). The molecule has 0 saturated carbocycles. The van der Waals surface area contributed by atoms with Gasteiger partial charge in [0.25, 0.3) is 0 Å². The van der Waals surface area contributed by atoms with Crippen molar-refractivity contribution in [3.05, 3.63) is 35.9 Å². The average Bonchev–Trinajstić information content (AvgIpc) is 3.42. The lowest BCUT2D eigenvalue weighted by Gasteiger charge is -2.28. The summed E-state index contributed by atoms with van der Waals surface area (Å²) < 4.78 is 10.9. The molecule has 1 saturated heterocycles. The molecule has 1 aromatic rings. The predicted molar refractivity (Wildman–Crippen MR) is 119 cm³/mol. The van der Waals surface area contributed by atoms with Crippen molar-refractivity contribution in [2.75, 3.05) is 53.5 Å². The number of ether oxygens (including phenoxy) is 2. The molecule has 1 atom stereocenters. The first-order chi connectivity index (χ1) is 14.0. The Kier molecular flexibility index (Phi) is 7.06. The van der Waals surface area contributed by atoms with Crippen LogP contribution in [0.2, 0.25) is 0 Å². The molecule has 6 heteroatoms. The van der Waals surface area contributed by atoms with Crippen LogP contribution in [0.1, 0.15) is 32.8 Å². The summed E-state index contributed by atoms with van der Waals surface area (Å²) in [7, 11) is 3.34. The quantitative estimate of drug-likeness (QED) is 0.433. The van der Waals surface area contributed by atoms with Gasteiger partial charge in [-0.15, -0.1) is 0 Å². The number of nitrogens with zero attached hydrogens (tertiary/aromatic N) is 3. The minimum absolute atomic E-state index is 0.113. The lowest BCUT2D eigenvalue weighted by molar-refractivity contribution is 0.259. The third kappa shape index (κ3) is 5.04. The molecule has 1 unspecified atom stereocenters. The van der Waals surface area contributed by atoms with E-state index in [2.05, 4.69) is 60.2 Å². The molecule has 2 aliphatic rings. The predicted octanol–water partition coefficient (Wildman–Crippen LogP) is 2.89. The van der Waals surface area contributed by atoms with Gasteiger partial charge >= 0.3 is 0 Å². The number of guanidine groups is 1. The Hall–Kier alpha value is -2.21. The van der Waals surface area contributed by atoms with Crippen molar-refractivity contribution < 1.29 is 9.47 Å². The van der Waals surface area contributed by atoms with Crippen LogP contribution >= 0.6 is 0 Å². The van der Waals surface area contributed by atoms with Crippen molar-refractivity contribution in [1.29, 1.82) is 0 Å². The van der Waals surface area contributed by atoms with Gasteiger partial charge in [0.1, 0.15) is 0 Å². The third-order valence-electron chi connectivity index (χ3n) is 5.95. The first kappa shape index (κ1) is 21.5. The summed E-state index contributed by atoms with van der Waals surface area (Å²) in [6.07, 6.45) is 5.74. The van der Waals surface area contributed by atoms with Gasteiger partial charge in [-0.3, -0.25) is 9.89 Å². The molecule has 1 N–H and O–H groups in total. The fourth-order valence-electron chi connectivity index (χ4n) is 4.07. The van der Waals surface area contributed by atoms with Crippen LogP contribution in [0.25, 0.3) is 0 Å². The molecular weight excluding hydrogens is 364 g/mol. The van der Waals surface area contributed by atoms with Gasteiger partial charge in [-0.1, -0.05) is 32.1 Å². The molecule has 29 heavy (non-hydrogen) atoms. The number of benzene rings is 1. The van der Waals surface area contributed by atoms with Crippen LogP contribution < -0.4 is 14.8 Å². The van der Waals surface area contributed by atoms with E-state index in [1.807, 2.05) is 6.07 Å². The molecule has 0 amide bonds. The highest BCUT2D eigenvalue weighted by molar-refractivity contribution is 5.80. The van der Waals surface area contributed by atoms with Crippen LogP contribution in [0.4, 0.5) is 0 Å². The van der Waals surface area contributed by atoms with Gasteiger partial charge < -0.3 is 19.7 Å². The highest BCUT2D eigenvalue weighted by Gasteiger charge is 2.30. The maximum absolute atomic E-state index is 5.49. The van der Waals surface area contributed by atoms with Gasteiger partial charge in [-0.2, -0.15) is 0 Å². The largest absolute Gasteiger partial charge is 0.493 e. The number of likely N-dealkylation sites (tertiary alicyclic amines) is 1. The normalized spacial score (nSPS) is 20.4. The van der Waals surface area contributed by atoms with E-state index in [1.54, 1.807) is 14.2 Å². The molecule has 1 fully saturated rings. The summed E-state index contributed by atoms with van der Waals surface area (Å²) in [6, 6.07) is 6.76. The van der Waals surface area contributed by atoms with Gasteiger partial charge in [-0.25, -0.2) is 0 Å². The Labute approximate surface area is 175 Å². The molecule has 6 nitrogen and oxygen atoms in total. The van der Waals surface area contributed by atoms with Gasteiger partial charge in [-0.05, 0) is 31.0 Å². The van der Waals surface area contributed by atoms with Gasteiger partial charge in [0.2, 0.25) is 0 Å². The van der Waals surface area contributed by atoms with Crippen LogP contribution in [0.3, 0.4) is 0 Å². The van der Waals surface area contributed by atoms with Crippen LogP contribution in [-0.4, -0.2) is 75.3 Å². The van der Waals surface area contributed by atoms with Crippen molar-refractivity contribution >= 4 is 5.96 Å². The maximum Gasteiger partial charge on any atom is 0.193 e. The second-order valence-corrected chi connectivity index (χ2v) is 8.44. The van der Waals surface area contributed by atoms with E-state index in [0.29, 0.717) is 12.6 Å². The Morgan fingerprint density at radius 3 is 2.55 bits per heavy atom. The van der Waals surface area contributed by atoms with E-state index < -0.39 is 0 Å². The number of aliphatic imine (C=N–C) groups is 1. The second kappa shape index (κ2) is 9.53. The molecule has 0 bridgehead atoms. The summed E-state index contributed by atoms with van der Waals surface area (Å²) >= 11 is 0. The minimum Gasteiger partial charge on any atom is -0.493 e. The number of hydrogen-bond acceptors (Lipinski definition) is 4. The van der Waals surface area contributed by atoms with Gasteiger partial charge in [0.05, 0.1) is 20.8 Å². The first-order valence-electron chi connectivity index (χ1n) is 10.6. The van der Waals surface area contributed by atoms with Crippen molar-refractivity contribution in [2.45, 2.75) is 38.6 Å². The summed E-state index contributed by atoms with van der Waals surface area (Å²) in [6.45, 7) is 12.4. The lowest BCUT2D eigenvalue weighted by Crippen LogP contribution is -2.43. The third-order valence-corrected chi connectivity index (χ3v) is 5.95. The molecule has 0 aromatic heterocycles. The number of hydrogen-bond donors (Lipinski definition) is 1. The number of rotatable bonds is 7. The standard InChI is InChI=1S/C23H36N4O2/c1-6-24-22(27-14-11-19(16-27)26-12-7-8-13-26)25-17-23(2,3)18-9-10-20(28-4)21(15-18)29-5/h7-10,15,19H,6,11-14,16-17H2,1-5H3,(H,24,25). The molecule has 160 valence electrons. The van der Waals surface area contributed by atoms with E-state index in [9.17, 15) is 0 Å². The van der Waals surface area contributed by atoms with E-state index >= 15 is 0 Å². The molecular formula is C23H36N4O2. The lowest BCUT2D eigenvalue weighted by atomic mass is 9.84. The number of methoxy groups -OCH3 is 2. The maximum atomic E-state index is 5.49. The van der Waals surface area contributed by atoms with Crippen LogP contribution in [0.15, 0.2) is 35.3 Å². The molecule has 1 aromatic carbocycles. The first-order valence-corrected chi connectivity index (χ1v) is 10.6. The van der Waals surface area contributed by atoms with Crippen molar-refractivity contribution in [3.8, 4) is 11.5 Å². The highest BCUT2D eigenvalue weighted by atomic mass is 16.5. The van der Waals surface area contributed by atoms with Crippen molar-refractivity contribution in [3.63, 3.8) is 0 Å². The van der Waals surface area contributed by atoms with E-state index in [1.165, 1.54) is 12.0 Å². The summed E-state index contributed by atoms with van der Waals surface area (Å²) in [5.41, 5.74) is 1.08. The minimum atomic E-state index is -0.113.